The van der Waals surface area contributed by atoms with Crippen molar-refractivity contribution in [3.05, 3.63) is 24.2 Å². The minimum Gasteiger partial charge on any atom is -0.475 e. The summed E-state index contributed by atoms with van der Waals surface area (Å²) in [6.07, 6.45) is 0.00971. The van der Waals surface area contributed by atoms with Crippen LogP contribution < -0.4 is 0 Å². The van der Waals surface area contributed by atoms with Crippen molar-refractivity contribution in [1.82, 2.24) is 9.80 Å². The number of nitrogens with zero attached hydrogens (tertiary/aromatic N) is 2. The van der Waals surface area contributed by atoms with E-state index < -0.39 is 12.1 Å². The number of fused-ring (bicyclic) bond motifs is 1. The van der Waals surface area contributed by atoms with Crippen LogP contribution >= 0.6 is 0 Å². The molecular formula is C20H29F3N2O6. The Labute approximate surface area is 178 Å². The second-order valence-corrected chi connectivity index (χ2v) is 7.99. The molecule has 2 unspecified atom stereocenters. The zero-order valence-corrected chi connectivity index (χ0v) is 17.7. The molecule has 1 N–H and O–H groups in total. The number of carbonyl (C=O) groups is 2. The van der Waals surface area contributed by atoms with Crippen LogP contribution in [0.15, 0.2) is 22.8 Å². The molecule has 3 rings (SSSR count). The van der Waals surface area contributed by atoms with Crippen molar-refractivity contribution in [2.45, 2.75) is 38.1 Å². The van der Waals surface area contributed by atoms with Gasteiger partial charge in [0.2, 0.25) is 5.91 Å². The number of alkyl halides is 3. The molecule has 2 atom stereocenters. The highest BCUT2D eigenvalue weighted by atomic mass is 19.4. The van der Waals surface area contributed by atoms with Crippen molar-refractivity contribution in [2.24, 2.45) is 5.41 Å². The van der Waals surface area contributed by atoms with Gasteiger partial charge in [0.1, 0.15) is 12.4 Å². The first kappa shape index (κ1) is 25.2. The molecule has 2 fully saturated rings. The maximum atomic E-state index is 11.8. The van der Waals surface area contributed by atoms with Crippen molar-refractivity contribution in [1.29, 1.82) is 0 Å². The number of halogens is 3. The minimum atomic E-state index is -5.08. The summed E-state index contributed by atoms with van der Waals surface area (Å²) >= 11 is 0. The highest BCUT2D eigenvalue weighted by Gasteiger charge is 2.46. The van der Waals surface area contributed by atoms with Crippen LogP contribution in [0.25, 0.3) is 0 Å². The number of aliphatic carboxylic acids is 1. The summed E-state index contributed by atoms with van der Waals surface area (Å²) in [6, 6.07) is 3.94. The first-order valence-corrected chi connectivity index (χ1v) is 9.98. The number of likely N-dealkylation sites (tertiary alicyclic amines) is 1. The van der Waals surface area contributed by atoms with Crippen LogP contribution in [0, 0.1) is 5.41 Å². The maximum absolute atomic E-state index is 11.8. The van der Waals surface area contributed by atoms with E-state index in [1.54, 1.807) is 25.3 Å². The average Bonchev–Trinajstić information content (AvgIpc) is 3.20. The van der Waals surface area contributed by atoms with Gasteiger partial charge in [0.05, 0.1) is 25.5 Å². The van der Waals surface area contributed by atoms with Gasteiger partial charge in [-0.1, -0.05) is 0 Å². The van der Waals surface area contributed by atoms with E-state index in [1.807, 2.05) is 12.1 Å². The van der Waals surface area contributed by atoms with Crippen LogP contribution in [0.3, 0.4) is 0 Å². The molecule has 0 aromatic carbocycles. The van der Waals surface area contributed by atoms with Gasteiger partial charge in [0, 0.05) is 39.2 Å². The second kappa shape index (κ2) is 11.0. The second-order valence-electron chi connectivity index (χ2n) is 7.99. The van der Waals surface area contributed by atoms with Gasteiger partial charge in [-0.2, -0.15) is 13.2 Å². The van der Waals surface area contributed by atoms with Gasteiger partial charge in [0.25, 0.3) is 0 Å². The number of rotatable bonds is 6. The van der Waals surface area contributed by atoms with Crippen molar-refractivity contribution >= 4 is 11.9 Å². The number of ether oxygens (including phenoxy) is 2. The molecule has 176 valence electrons. The maximum Gasteiger partial charge on any atom is 0.490 e. The third kappa shape index (κ3) is 7.51. The fourth-order valence-electron chi connectivity index (χ4n) is 3.82. The molecule has 2 aliphatic heterocycles. The third-order valence-electron chi connectivity index (χ3n) is 5.38. The summed E-state index contributed by atoms with van der Waals surface area (Å²) in [6.45, 7) is 4.29. The summed E-state index contributed by atoms with van der Waals surface area (Å²) in [5, 5.41) is 7.12. The molecule has 0 saturated carbocycles. The van der Waals surface area contributed by atoms with E-state index in [0.717, 1.165) is 51.3 Å². The van der Waals surface area contributed by atoms with Crippen LogP contribution in [-0.2, 0) is 25.6 Å². The lowest BCUT2D eigenvalue weighted by atomic mass is 9.73. The Morgan fingerprint density at radius 3 is 2.68 bits per heavy atom. The molecule has 11 heteroatoms. The molecule has 2 saturated heterocycles. The fourth-order valence-corrected chi connectivity index (χ4v) is 3.82. The van der Waals surface area contributed by atoms with Crippen molar-refractivity contribution in [3.8, 4) is 0 Å². The summed E-state index contributed by atoms with van der Waals surface area (Å²) in [5.74, 6) is -1.76. The smallest absolute Gasteiger partial charge is 0.475 e. The van der Waals surface area contributed by atoms with Crippen LogP contribution in [0.1, 0.15) is 25.0 Å². The lowest BCUT2D eigenvalue weighted by Crippen LogP contribution is -2.56. The minimum absolute atomic E-state index is 0.00271. The molecule has 0 radical (unpaired) electrons. The third-order valence-corrected chi connectivity index (χ3v) is 5.38. The van der Waals surface area contributed by atoms with Gasteiger partial charge >= 0.3 is 12.1 Å². The molecule has 0 aliphatic carbocycles. The Hall–Kier alpha value is -2.11. The SMILES string of the molecule is CN(C)C(=O)COCC12CCCOC1CCN(Cc1ccco1)C2.O=C(O)C(F)(F)F. The summed E-state index contributed by atoms with van der Waals surface area (Å²) in [5.41, 5.74) is -0.0182. The number of likely N-dealkylation sites (N-methyl/N-ethyl adjacent to an activating group) is 1. The Morgan fingerprint density at radius 1 is 1.39 bits per heavy atom. The fraction of sp³-hybridized carbons (Fsp3) is 0.700. The first-order valence-electron chi connectivity index (χ1n) is 9.98. The average molecular weight is 450 g/mol. The van der Waals surface area contributed by atoms with E-state index in [1.165, 1.54) is 0 Å². The molecule has 2 aliphatic rings. The number of carboxylic acid groups (broad SMARTS) is 1. The summed E-state index contributed by atoms with van der Waals surface area (Å²) < 4.78 is 49.1. The zero-order valence-electron chi connectivity index (χ0n) is 17.7. The van der Waals surface area contributed by atoms with Gasteiger partial charge in [0.15, 0.2) is 0 Å². The number of carbonyl (C=O) groups excluding carboxylic acids is 1. The van der Waals surface area contributed by atoms with Gasteiger partial charge in [-0.25, -0.2) is 4.79 Å². The van der Waals surface area contributed by atoms with E-state index >= 15 is 0 Å². The molecule has 0 spiro atoms. The van der Waals surface area contributed by atoms with Gasteiger partial charge in [-0.15, -0.1) is 0 Å². The predicted molar refractivity (Wildman–Crippen MR) is 103 cm³/mol. The number of hydrogen-bond acceptors (Lipinski definition) is 6. The van der Waals surface area contributed by atoms with Crippen molar-refractivity contribution in [2.75, 3.05) is 47.0 Å². The molecule has 8 nitrogen and oxygen atoms in total. The zero-order chi connectivity index (χ0) is 23.1. The van der Waals surface area contributed by atoms with E-state index in [-0.39, 0.29) is 24.0 Å². The molecule has 1 aromatic heterocycles. The molecule has 1 amide bonds. The standard InChI is InChI=1S/C18H28N2O4.C2HF3O2/c1-19(2)17(21)12-22-14-18-7-4-10-24-16(18)6-8-20(13-18)11-15-5-3-9-23-15;3-2(4,5)1(6)7/h3,5,9,16H,4,6-8,10-14H2,1-2H3;(H,6,7). The highest BCUT2D eigenvalue weighted by Crippen LogP contribution is 2.40. The lowest BCUT2D eigenvalue weighted by molar-refractivity contribution is -0.192. The number of hydrogen-bond donors (Lipinski definition) is 1. The van der Waals surface area contributed by atoms with Gasteiger partial charge in [-0.3, -0.25) is 9.69 Å². The Balaban J connectivity index is 0.000000423. The van der Waals surface area contributed by atoms with Crippen molar-refractivity contribution < 1.29 is 41.8 Å². The summed E-state index contributed by atoms with van der Waals surface area (Å²) in [4.78, 5) is 24.6. The molecular weight excluding hydrogens is 421 g/mol. The van der Waals surface area contributed by atoms with Crippen LogP contribution in [0.4, 0.5) is 13.2 Å². The van der Waals surface area contributed by atoms with Crippen LogP contribution in [-0.4, -0.2) is 86.1 Å². The number of carboxylic acids is 1. The Bertz CT molecular complexity index is 710. The van der Waals surface area contributed by atoms with E-state index in [9.17, 15) is 18.0 Å². The highest BCUT2D eigenvalue weighted by molar-refractivity contribution is 5.76. The lowest BCUT2D eigenvalue weighted by Gasteiger charge is -2.50. The predicted octanol–water partition coefficient (Wildman–Crippen LogP) is 2.39. The van der Waals surface area contributed by atoms with E-state index in [0.29, 0.717) is 6.61 Å². The summed E-state index contributed by atoms with van der Waals surface area (Å²) in [7, 11) is 3.50. The number of piperidine rings is 1. The number of amides is 1. The van der Waals surface area contributed by atoms with Crippen LogP contribution in [0.5, 0.6) is 0 Å². The molecule has 0 bridgehead atoms. The Morgan fingerprint density at radius 2 is 2.10 bits per heavy atom. The van der Waals surface area contributed by atoms with E-state index in [4.69, 9.17) is 23.8 Å². The quantitative estimate of drug-likeness (QED) is 0.712. The van der Waals surface area contributed by atoms with E-state index in [2.05, 4.69) is 4.90 Å². The molecule has 3 heterocycles. The largest absolute Gasteiger partial charge is 0.490 e. The van der Waals surface area contributed by atoms with Crippen LogP contribution in [0.2, 0.25) is 0 Å². The van der Waals surface area contributed by atoms with Gasteiger partial charge in [-0.05, 0) is 31.4 Å². The molecule has 1 aromatic rings. The monoisotopic (exact) mass is 450 g/mol. The number of furan rings is 1. The normalized spacial score (nSPS) is 24.0. The van der Waals surface area contributed by atoms with Gasteiger partial charge < -0.3 is 23.9 Å². The van der Waals surface area contributed by atoms with Crippen molar-refractivity contribution in [3.63, 3.8) is 0 Å². The Kier molecular flexibility index (Phi) is 8.90. The topological polar surface area (TPSA) is 92.5 Å². The molecule has 31 heavy (non-hydrogen) atoms. The first-order chi connectivity index (χ1) is 14.5.